The standard InChI is InChI=1S/C14H16ClFN2OS/c1-14(13(17)20)4-6-18(7-5-14)12(19)10-3-2-9(15)8-11(10)16/h2-3,8H,4-7H2,1H3,(H2,17,20). The van der Waals surface area contributed by atoms with E-state index in [2.05, 4.69) is 0 Å². The van der Waals surface area contributed by atoms with Crippen molar-refractivity contribution in [2.24, 2.45) is 11.1 Å². The molecule has 1 aliphatic heterocycles. The molecule has 0 unspecified atom stereocenters. The summed E-state index contributed by atoms with van der Waals surface area (Å²) in [4.78, 5) is 14.4. The lowest BCUT2D eigenvalue weighted by atomic mass is 9.80. The molecule has 3 nitrogen and oxygen atoms in total. The predicted molar refractivity (Wildman–Crippen MR) is 81.4 cm³/mol. The smallest absolute Gasteiger partial charge is 0.256 e. The van der Waals surface area contributed by atoms with E-state index in [1.807, 2.05) is 6.92 Å². The van der Waals surface area contributed by atoms with Crippen molar-refractivity contribution in [1.29, 1.82) is 0 Å². The molecule has 0 saturated carbocycles. The fourth-order valence-corrected chi connectivity index (χ4v) is 2.65. The molecule has 0 bridgehead atoms. The van der Waals surface area contributed by atoms with Gasteiger partial charge < -0.3 is 10.6 Å². The normalized spacial score (nSPS) is 17.9. The highest BCUT2D eigenvalue weighted by Gasteiger charge is 2.34. The molecule has 0 atom stereocenters. The summed E-state index contributed by atoms with van der Waals surface area (Å²) in [6.07, 6.45) is 1.40. The van der Waals surface area contributed by atoms with Gasteiger partial charge in [0.1, 0.15) is 5.82 Å². The maximum atomic E-state index is 13.8. The van der Waals surface area contributed by atoms with Gasteiger partial charge in [-0.2, -0.15) is 0 Å². The molecule has 20 heavy (non-hydrogen) atoms. The molecule has 1 aromatic rings. The van der Waals surface area contributed by atoms with Gasteiger partial charge in [0.05, 0.1) is 10.6 Å². The molecule has 1 aromatic carbocycles. The first kappa shape index (κ1) is 15.2. The minimum atomic E-state index is -0.592. The Morgan fingerprint density at radius 3 is 2.55 bits per heavy atom. The Balaban J connectivity index is 2.11. The number of carbonyl (C=O) groups excluding carboxylic acids is 1. The van der Waals surface area contributed by atoms with Crippen molar-refractivity contribution in [3.63, 3.8) is 0 Å². The van der Waals surface area contributed by atoms with Crippen LogP contribution in [0.2, 0.25) is 5.02 Å². The lowest BCUT2D eigenvalue weighted by molar-refractivity contribution is 0.0665. The van der Waals surface area contributed by atoms with Gasteiger partial charge in [0.2, 0.25) is 0 Å². The van der Waals surface area contributed by atoms with Crippen molar-refractivity contribution >= 4 is 34.7 Å². The summed E-state index contributed by atoms with van der Waals surface area (Å²) >= 11 is 10.7. The third-order valence-electron chi connectivity index (χ3n) is 3.91. The Kier molecular flexibility index (Phi) is 4.30. The van der Waals surface area contributed by atoms with E-state index in [1.54, 1.807) is 4.90 Å². The zero-order chi connectivity index (χ0) is 14.9. The third-order valence-corrected chi connectivity index (χ3v) is 4.64. The zero-order valence-corrected chi connectivity index (χ0v) is 12.7. The number of hydrogen-bond acceptors (Lipinski definition) is 2. The summed E-state index contributed by atoms with van der Waals surface area (Å²) in [6, 6.07) is 4.08. The van der Waals surface area contributed by atoms with Crippen LogP contribution in [0.3, 0.4) is 0 Å². The molecule has 1 heterocycles. The van der Waals surface area contributed by atoms with E-state index in [-0.39, 0.29) is 21.9 Å². The molecule has 1 fully saturated rings. The van der Waals surface area contributed by atoms with Crippen LogP contribution in [0.5, 0.6) is 0 Å². The van der Waals surface area contributed by atoms with Gasteiger partial charge in [0.25, 0.3) is 5.91 Å². The van der Waals surface area contributed by atoms with E-state index >= 15 is 0 Å². The maximum absolute atomic E-state index is 13.8. The molecule has 0 spiro atoms. The molecule has 0 radical (unpaired) electrons. The highest BCUT2D eigenvalue weighted by atomic mass is 35.5. The Bertz CT molecular complexity index is 556. The second kappa shape index (κ2) is 5.66. The van der Waals surface area contributed by atoms with Gasteiger partial charge in [0, 0.05) is 23.5 Å². The van der Waals surface area contributed by atoms with Crippen LogP contribution in [0.15, 0.2) is 18.2 Å². The molecule has 1 aliphatic rings. The van der Waals surface area contributed by atoms with E-state index in [0.29, 0.717) is 30.9 Å². The van der Waals surface area contributed by atoms with E-state index in [4.69, 9.17) is 29.6 Å². The number of benzene rings is 1. The lowest BCUT2D eigenvalue weighted by Gasteiger charge is -2.38. The minimum absolute atomic E-state index is 0.0494. The topological polar surface area (TPSA) is 46.3 Å². The van der Waals surface area contributed by atoms with Crippen LogP contribution in [0.1, 0.15) is 30.1 Å². The Morgan fingerprint density at radius 2 is 2.05 bits per heavy atom. The number of piperidine rings is 1. The van der Waals surface area contributed by atoms with Gasteiger partial charge in [-0.1, -0.05) is 30.7 Å². The fraction of sp³-hybridized carbons (Fsp3) is 0.429. The van der Waals surface area contributed by atoms with Crippen LogP contribution in [-0.4, -0.2) is 28.9 Å². The molecule has 108 valence electrons. The van der Waals surface area contributed by atoms with Crippen molar-refractivity contribution in [2.75, 3.05) is 13.1 Å². The number of nitrogens with two attached hydrogens (primary N) is 1. The van der Waals surface area contributed by atoms with Gasteiger partial charge in [-0.25, -0.2) is 4.39 Å². The highest BCUT2D eigenvalue weighted by Crippen LogP contribution is 2.32. The first-order valence-electron chi connectivity index (χ1n) is 6.38. The van der Waals surface area contributed by atoms with E-state index < -0.39 is 5.82 Å². The molecule has 0 aromatic heterocycles. The Morgan fingerprint density at radius 1 is 1.45 bits per heavy atom. The van der Waals surface area contributed by atoms with Crippen molar-refractivity contribution in [3.05, 3.63) is 34.6 Å². The SMILES string of the molecule is CC1(C(N)=S)CCN(C(=O)c2ccc(Cl)cc2F)CC1. The maximum Gasteiger partial charge on any atom is 0.256 e. The molecular formula is C14H16ClFN2OS. The number of rotatable bonds is 2. The van der Waals surface area contributed by atoms with Crippen LogP contribution in [0.25, 0.3) is 0 Å². The average molecular weight is 315 g/mol. The van der Waals surface area contributed by atoms with E-state index in [0.717, 1.165) is 6.07 Å². The van der Waals surface area contributed by atoms with Crippen LogP contribution >= 0.6 is 23.8 Å². The number of thiocarbonyl (C=S) groups is 1. The molecule has 2 N–H and O–H groups in total. The van der Waals surface area contributed by atoms with Crippen molar-refractivity contribution in [2.45, 2.75) is 19.8 Å². The van der Waals surface area contributed by atoms with Gasteiger partial charge in [-0.15, -0.1) is 0 Å². The van der Waals surface area contributed by atoms with E-state index in [9.17, 15) is 9.18 Å². The molecule has 0 aliphatic carbocycles. The van der Waals surface area contributed by atoms with Crippen LogP contribution in [0, 0.1) is 11.2 Å². The summed E-state index contributed by atoms with van der Waals surface area (Å²) in [6.45, 7) is 3.05. The number of halogens is 2. The van der Waals surface area contributed by atoms with Gasteiger partial charge in [-0.3, -0.25) is 4.79 Å². The van der Waals surface area contributed by atoms with Gasteiger partial charge in [0.15, 0.2) is 0 Å². The van der Waals surface area contributed by atoms with Crippen LogP contribution in [-0.2, 0) is 0 Å². The van der Waals surface area contributed by atoms with Gasteiger partial charge in [-0.05, 0) is 31.0 Å². The van der Waals surface area contributed by atoms with Crippen molar-refractivity contribution in [1.82, 2.24) is 4.90 Å². The average Bonchev–Trinajstić information content (AvgIpc) is 2.38. The van der Waals surface area contributed by atoms with E-state index in [1.165, 1.54) is 12.1 Å². The zero-order valence-electron chi connectivity index (χ0n) is 11.2. The van der Waals surface area contributed by atoms with Crippen molar-refractivity contribution in [3.8, 4) is 0 Å². The number of likely N-dealkylation sites (tertiary alicyclic amines) is 1. The summed E-state index contributed by atoms with van der Waals surface area (Å²) < 4.78 is 13.8. The molecule has 2 rings (SSSR count). The second-order valence-corrected chi connectivity index (χ2v) is 6.22. The minimum Gasteiger partial charge on any atom is -0.393 e. The number of amides is 1. The summed E-state index contributed by atoms with van der Waals surface area (Å²) in [5.74, 6) is -0.908. The highest BCUT2D eigenvalue weighted by molar-refractivity contribution is 7.80. The largest absolute Gasteiger partial charge is 0.393 e. The third kappa shape index (κ3) is 2.94. The van der Waals surface area contributed by atoms with Crippen molar-refractivity contribution < 1.29 is 9.18 Å². The molecule has 1 amide bonds. The predicted octanol–water partition coefficient (Wildman–Crippen LogP) is 3.01. The van der Waals surface area contributed by atoms with Crippen LogP contribution < -0.4 is 5.73 Å². The molecule has 6 heteroatoms. The lowest BCUT2D eigenvalue weighted by Crippen LogP contribution is -2.46. The summed E-state index contributed by atoms with van der Waals surface area (Å²) in [7, 11) is 0. The Hall–Kier alpha value is -1.20. The Labute approximate surface area is 127 Å². The molecular weight excluding hydrogens is 299 g/mol. The number of hydrogen-bond donors (Lipinski definition) is 1. The first-order valence-corrected chi connectivity index (χ1v) is 7.16. The van der Waals surface area contributed by atoms with Gasteiger partial charge >= 0.3 is 0 Å². The number of nitrogens with zero attached hydrogens (tertiary/aromatic N) is 1. The fourth-order valence-electron chi connectivity index (χ4n) is 2.28. The first-order chi connectivity index (χ1) is 9.33. The summed E-state index contributed by atoms with van der Waals surface area (Å²) in [5.41, 5.74) is 5.56. The number of carbonyl (C=O) groups is 1. The van der Waals surface area contributed by atoms with Crippen LogP contribution in [0.4, 0.5) is 4.39 Å². The quantitative estimate of drug-likeness (QED) is 0.854. The molecule has 1 saturated heterocycles. The summed E-state index contributed by atoms with van der Waals surface area (Å²) in [5, 5.41) is 0.277. The second-order valence-electron chi connectivity index (χ2n) is 5.34. The monoisotopic (exact) mass is 314 g/mol.